The summed E-state index contributed by atoms with van der Waals surface area (Å²) in [4.78, 5) is 16.3. The van der Waals surface area contributed by atoms with Crippen LogP contribution in [0.1, 0.15) is 31.1 Å². The van der Waals surface area contributed by atoms with Crippen LogP contribution in [-0.4, -0.2) is 23.0 Å². The molecule has 0 aliphatic carbocycles. The highest BCUT2D eigenvalue weighted by molar-refractivity contribution is 9.10. The second kappa shape index (κ2) is 5.87. The molecule has 1 rings (SSSR count). The lowest BCUT2D eigenvalue weighted by Crippen LogP contribution is -2.42. The van der Waals surface area contributed by atoms with Crippen molar-refractivity contribution in [3.05, 3.63) is 22.3 Å². The molecule has 1 amide bonds. The van der Waals surface area contributed by atoms with Gasteiger partial charge in [0.2, 0.25) is 0 Å². The lowest BCUT2D eigenvalue weighted by atomic mass is 10.1. The molecule has 1 aromatic rings. The summed E-state index contributed by atoms with van der Waals surface area (Å²) >= 11 is 3.30. The van der Waals surface area contributed by atoms with E-state index >= 15 is 0 Å². The van der Waals surface area contributed by atoms with Crippen LogP contribution in [0.15, 0.2) is 16.7 Å². The minimum absolute atomic E-state index is 0.247. The van der Waals surface area contributed by atoms with Gasteiger partial charge >= 0.3 is 0 Å². The van der Waals surface area contributed by atoms with E-state index in [4.69, 9.17) is 6.42 Å². The number of carbonyl (C=O) groups is 1. The van der Waals surface area contributed by atoms with Crippen molar-refractivity contribution in [2.24, 2.45) is 0 Å². The zero-order chi connectivity index (χ0) is 13.8. The molecule has 0 aliphatic rings. The predicted molar refractivity (Wildman–Crippen MR) is 76.5 cm³/mol. The Labute approximate surface area is 116 Å². The van der Waals surface area contributed by atoms with E-state index in [1.54, 1.807) is 26.1 Å². The molecular weight excluding hydrogens is 294 g/mol. The largest absolute Gasteiger partial charge is 0.370 e. The Balaban J connectivity index is 3.04. The normalized spacial score (nSPS) is 10.6. The van der Waals surface area contributed by atoms with E-state index in [0.29, 0.717) is 17.9 Å². The fourth-order valence-electron chi connectivity index (χ4n) is 1.31. The van der Waals surface area contributed by atoms with Gasteiger partial charge in [-0.15, -0.1) is 6.42 Å². The molecule has 0 unspecified atom stereocenters. The van der Waals surface area contributed by atoms with Crippen LogP contribution in [0.4, 0.5) is 5.82 Å². The third-order valence-corrected chi connectivity index (χ3v) is 2.66. The van der Waals surface area contributed by atoms with Gasteiger partial charge in [0.05, 0.1) is 11.1 Å². The van der Waals surface area contributed by atoms with Crippen LogP contribution in [0.3, 0.4) is 0 Å². The third kappa shape index (κ3) is 3.74. The van der Waals surface area contributed by atoms with Gasteiger partial charge in [-0.1, -0.05) is 5.92 Å². The van der Waals surface area contributed by atoms with Crippen molar-refractivity contribution in [2.45, 2.75) is 26.3 Å². The van der Waals surface area contributed by atoms with Crippen LogP contribution in [0, 0.1) is 12.3 Å². The average molecular weight is 310 g/mol. The number of nitrogens with zero attached hydrogens (tertiary/aromatic N) is 1. The Kier molecular flexibility index (Phi) is 4.74. The SMILES string of the molecule is C#CC(C)(C)NC(=O)c1cc(Br)cnc1NCC. The minimum atomic E-state index is -0.692. The van der Waals surface area contributed by atoms with Gasteiger partial charge in [0.25, 0.3) is 5.91 Å². The van der Waals surface area contributed by atoms with E-state index in [-0.39, 0.29) is 5.91 Å². The number of hydrogen-bond acceptors (Lipinski definition) is 3. The molecule has 1 heterocycles. The van der Waals surface area contributed by atoms with Crippen molar-refractivity contribution in [2.75, 3.05) is 11.9 Å². The number of nitrogens with one attached hydrogen (secondary N) is 2. The predicted octanol–water partition coefficient (Wildman–Crippen LogP) is 2.42. The molecule has 0 spiro atoms. The molecule has 18 heavy (non-hydrogen) atoms. The van der Waals surface area contributed by atoms with E-state index < -0.39 is 5.54 Å². The molecule has 96 valence electrons. The summed E-state index contributed by atoms with van der Waals surface area (Å²) in [5.41, 5.74) is -0.224. The highest BCUT2D eigenvalue weighted by Crippen LogP contribution is 2.18. The highest BCUT2D eigenvalue weighted by Gasteiger charge is 2.20. The standard InChI is InChI=1S/C13H16BrN3O/c1-5-13(3,4)17-12(18)10-7-9(14)8-16-11(10)15-6-2/h1,7-8H,6H2,2-4H3,(H,15,16)(H,17,18). The fraction of sp³-hybridized carbons (Fsp3) is 0.385. The van der Waals surface area contributed by atoms with Crippen molar-refractivity contribution >= 4 is 27.7 Å². The first-order valence-corrected chi connectivity index (χ1v) is 6.38. The summed E-state index contributed by atoms with van der Waals surface area (Å²) in [6.07, 6.45) is 6.99. The summed E-state index contributed by atoms with van der Waals surface area (Å²) in [6, 6.07) is 1.72. The van der Waals surface area contributed by atoms with Crippen LogP contribution in [0.25, 0.3) is 0 Å². The first-order valence-electron chi connectivity index (χ1n) is 5.59. The zero-order valence-corrected chi connectivity index (χ0v) is 12.3. The monoisotopic (exact) mass is 309 g/mol. The first-order chi connectivity index (χ1) is 8.39. The fourth-order valence-corrected chi connectivity index (χ4v) is 1.64. The van der Waals surface area contributed by atoms with E-state index in [2.05, 4.69) is 37.5 Å². The van der Waals surface area contributed by atoms with E-state index in [9.17, 15) is 4.79 Å². The molecule has 0 saturated carbocycles. The quantitative estimate of drug-likeness (QED) is 0.840. The van der Waals surface area contributed by atoms with Crippen LogP contribution in [0.5, 0.6) is 0 Å². The second-order valence-electron chi connectivity index (χ2n) is 4.30. The Morgan fingerprint density at radius 2 is 2.28 bits per heavy atom. The summed E-state index contributed by atoms with van der Waals surface area (Å²) in [5.74, 6) is 2.82. The van der Waals surface area contributed by atoms with E-state index in [1.165, 1.54) is 0 Å². The molecular formula is C13H16BrN3O. The van der Waals surface area contributed by atoms with Gasteiger partial charge < -0.3 is 10.6 Å². The molecule has 0 saturated heterocycles. The molecule has 0 aliphatic heterocycles. The van der Waals surface area contributed by atoms with Crippen molar-refractivity contribution in [1.82, 2.24) is 10.3 Å². The van der Waals surface area contributed by atoms with Crippen LogP contribution < -0.4 is 10.6 Å². The van der Waals surface area contributed by atoms with Crippen LogP contribution in [0.2, 0.25) is 0 Å². The van der Waals surface area contributed by atoms with Crippen molar-refractivity contribution in [1.29, 1.82) is 0 Å². The van der Waals surface area contributed by atoms with Gasteiger partial charge in [0.1, 0.15) is 5.82 Å². The molecule has 0 atom stereocenters. The molecule has 0 fully saturated rings. The lowest BCUT2D eigenvalue weighted by Gasteiger charge is -2.20. The van der Waals surface area contributed by atoms with Gasteiger partial charge in [0.15, 0.2) is 0 Å². The number of terminal acetylenes is 1. The van der Waals surface area contributed by atoms with Gasteiger partial charge in [0, 0.05) is 17.2 Å². The molecule has 1 aromatic heterocycles. The summed E-state index contributed by atoms with van der Waals surface area (Å²) in [7, 11) is 0. The smallest absolute Gasteiger partial charge is 0.256 e. The molecule has 5 heteroatoms. The van der Waals surface area contributed by atoms with Gasteiger partial charge in [-0.3, -0.25) is 4.79 Å². The molecule has 0 aromatic carbocycles. The number of pyridine rings is 1. The van der Waals surface area contributed by atoms with E-state index in [0.717, 1.165) is 4.47 Å². The summed E-state index contributed by atoms with van der Waals surface area (Å²) in [6.45, 7) is 6.16. The molecule has 0 bridgehead atoms. The second-order valence-corrected chi connectivity index (χ2v) is 5.22. The van der Waals surface area contributed by atoms with Gasteiger partial charge in [-0.2, -0.15) is 0 Å². The number of hydrogen-bond donors (Lipinski definition) is 2. The Bertz CT molecular complexity index is 491. The van der Waals surface area contributed by atoms with E-state index in [1.807, 2.05) is 6.92 Å². The van der Waals surface area contributed by atoms with Crippen LogP contribution >= 0.6 is 15.9 Å². The number of anilines is 1. The van der Waals surface area contributed by atoms with Crippen molar-refractivity contribution in [3.8, 4) is 12.3 Å². The van der Waals surface area contributed by atoms with Gasteiger partial charge in [-0.25, -0.2) is 4.98 Å². The maximum Gasteiger partial charge on any atom is 0.256 e. The zero-order valence-electron chi connectivity index (χ0n) is 10.7. The van der Waals surface area contributed by atoms with Crippen LogP contribution in [-0.2, 0) is 0 Å². The third-order valence-electron chi connectivity index (χ3n) is 2.23. The average Bonchev–Trinajstić information content (AvgIpc) is 2.31. The molecule has 0 radical (unpaired) electrons. The Morgan fingerprint density at radius 1 is 1.61 bits per heavy atom. The van der Waals surface area contributed by atoms with Crippen molar-refractivity contribution < 1.29 is 4.79 Å². The minimum Gasteiger partial charge on any atom is -0.370 e. The number of aromatic nitrogens is 1. The number of halogens is 1. The summed E-state index contributed by atoms with van der Waals surface area (Å²) in [5, 5.41) is 5.82. The Hall–Kier alpha value is -1.54. The molecule has 2 N–H and O–H groups in total. The van der Waals surface area contributed by atoms with Gasteiger partial charge in [-0.05, 0) is 42.8 Å². The topological polar surface area (TPSA) is 54.0 Å². The lowest BCUT2D eigenvalue weighted by molar-refractivity contribution is 0.0930. The van der Waals surface area contributed by atoms with Crippen molar-refractivity contribution in [3.63, 3.8) is 0 Å². The Morgan fingerprint density at radius 3 is 2.83 bits per heavy atom. The summed E-state index contributed by atoms with van der Waals surface area (Å²) < 4.78 is 0.743. The number of amides is 1. The maximum absolute atomic E-state index is 12.2. The first kappa shape index (κ1) is 14.5. The maximum atomic E-state index is 12.2. The molecule has 4 nitrogen and oxygen atoms in total. The number of carbonyl (C=O) groups excluding carboxylic acids is 1. The number of rotatable bonds is 4. The highest BCUT2D eigenvalue weighted by atomic mass is 79.9.